The molecule has 6 nitrogen and oxygen atoms in total. The van der Waals surface area contributed by atoms with Crippen molar-refractivity contribution in [2.24, 2.45) is 0 Å². The van der Waals surface area contributed by atoms with Crippen molar-refractivity contribution in [3.05, 3.63) is 51.8 Å². The Balaban J connectivity index is 2.52. The van der Waals surface area contributed by atoms with E-state index in [-0.39, 0.29) is 5.69 Å². The Morgan fingerprint density at radius 1 is 1.41 bits per heavy atom. The SMILES string of the molecule is Cc1cc(C=O)nn1-c1cccc([N+](=O)[O-])c1. The normalized spacial score (nSPS) is 10.2. The van der Waals surface area contributed by atoms with Gasteiger partial charge in [0.15, 0.2) is 6.29 Å². The quantitative estimate of drug-likeness (QED) is 0.459. The first-order valence-corrected chi connectivity index (χ1v) is 4.88. The van der Waals surface area contributed by atoms with Gasteiger partial charge in [0, 0.05) is 17.8 Å². The van der Waals surface area contributed by atoms with E-state index in [4.69, 9.17) is 0 Å². The third-order valence-corrected chi connectivity index (χ3v) is 2.31. The minimum absolute atomic E-state index is 0.00921. The summed E-state index contributed by atoms with van der Waals surface area (Å²) in [6, 6.07) is 7.71. The molecule has 1 aromatic carbocycles. The minimum atomic E-state index is -0.469. The molecule has 0 atom stereocenters. The second kappa shape index (κ2) is 4.17. The molecular weight excluding hydrogens is 222 g/mol. The molecule has 0 amide bonds. The maximum atomic E-state index is 10.7. The first-order valence-electron chi connectivity index (χ1n) is 4.88. The zero-order valence-electron chi connectivity index (χ0n) is 9.03. The van der Waals surface area contributed by atoms with Crippen LogP contribution in [0.1, 0.15) is 16.2 Å². The van der Waals surface area contributed by atoms with E-state index in [9.17, 15) is 14.9 Å². The van der Waals surface area contributed by atoms with Crippen LogP contribution in [0, 0.1) is 17.0 Å². The van der Waals surface area contributed by atoms with E-state index in [1.54, 1.807) is 25.1 Å². The summed E-state index contributed by atoms with van der Waals surface area (Å²) < 4.78 is 1.50. The van der Waals surface area contributed by atoms with Crippen LogP contribution in [-0.2, 0) is 0 Å². The van der Waals surface area contributed by atoms with Gasteiger partial charge in [-0.2, -0.15) is 5.10 Å². The summed E-state index contributed by atoms with van der Waals surface area (Å²) in [5, 5.41) is 14.7. The van der Waals surface area contributed by atoms with Gasteiger partial charge in [-0.3, -0.25) is 14.9 Å². The zero-order chi connectivity index (χ0) is 12.4. The lowest BCUT2D eigenvalue weighted by molar-refractivity contribution is -0.384. The predicted octanol–water partition coefficient (Wildman–Crippen LogP) is 1.90. The van der Waals surface area contributed by atoms with Gasteiger partial charge in [-0.25, -0.2) is 4.68 Å². The Hall–Kier alpha value is -2.50. The van der Waals surface area contributed by atoms with E-state index in [0.717, 1.165) is 5.69 Å². The number of nitro benzene ring substituents is 1. The average Bonchev–Trinajstić information content (AvgIpc) is 2.71. The summed E-state index contributed by atoms with van der Waals surface area (Å²) in [7, 11) is 0. The number of rotatable bonds is 3. The van der Waals surface area contributed by atoms with Gasteiger partial charge >= 0.3 is 0 Å². The van der Waals surface area contributed by atoms with Crippen molar-refractivity contribution in [1.82, 2.24) is 9.78 Å². The van der Waals surface area contributed by atoms with Crippen LogP contribution in [0.2, 0.25) is 0 Å². The standard InChI is InChI=1S/C11H9N3O3/c1-8-5-9(7-15)12-13(8)10-3-2-4-11(6-10)14(16)17/h2-7H,1H3. The Kier molecular flexibility index (Phi) is 2.70. The van der Waals surface area contributed by atoms with E-state index in [2.05, 4.69) is 5.10 Å². The number of carbonyl (C=O) groups excluding carboxylic acids is 1. The van der Waals surface area contributed by atoms with E-state index in [1.807, 2.05) is 0 Å². The third-order valence-electron chi connectivity index (χ3n) is 2.31. The van der Waals surface area contributed by atoms with E-state index >= 15 is 0 Å². The van der Waals surface area contributed by atoms with Crippen LogP contribution in [0.15, 0.2) is 30.3 Å². The third kappa shape index (κ3) is 2.05. The number of nitro groups is 1. The van der Waals surface area contributed by atoms with E-state index < -0.39 is 4.92 Å². The van der Waals surface area contributed by atoms with Gasteiger partial charge in [0.25, 0.3) is 5.69 Å². The van der Waals surface area contributed by atoms with Gasteiger partial charge in [0.05, 0.1) is 10.6 Å². The fourth-order valence-electron chi connectivity index (χ4n) is 1.56. The van der Waals surface area contributed by atoms with Crippen molar-refractivity contribution in [1.29, 1.82) is 0 Å². The molecule has 2 rings (SSSR count). The summed E-state index contributed by atoms with van der Waals surface area (Å²) in [5.41, 5.74) is 1.59. The Bertz CT molecular complexity index is 589. The molecule has 0 bridgehead atoms. The van der Waals surface area contributed by atoms with Gasteiger partial charge in [0.2, 0.25) is 0 Å². The number of non-ortho nitro benzene ring substituents is 1. The van der Waals surface area contributed by atoms with Gasteiger partial charge in [-0.05, 0) is 19.1 Å². The van der Waals surface area contributed by atoms with Crippen LogP contribution in [0.3, 0.4) is 0 Å². The molecule has 0 radical (unpaired) electrons. The van der Waals surface area contributed by atoms with Crippen LogP contribution in [0.25, 0.3) is 5.69 Å². The van der Waals surface area contributed by atoms with Crippen molar-refractivity contribution >= 4 is 12.0 Å². The maximum absolute atomic E-state index is 10.7. The molecule has 1 aromatic heterocycles. The van der Waals surface area contributed by atoms with Crippen molar-refractivity contribution in [3.8, 4) is 5.69 Å². The zero-order valence-corrected chi connectivity index (χ0v) is 9.03. The Labute approximate surface area is 96.6 Å². The minimum Gasteiger partial charge on any atom is -0.296 e. The molecule has 17 heavy (non-hydrogen) atoms. The molecule has 0 aliphatic heterocycles. The highest BCUT2D eigenvalue weighted by Gasteiger charge is 2.10. The summed E-state index contributed by atoms with van der Waals surface area (Å²) >= 11 is 0. The summed E-state index contributed by atoms with van der Waals surface area (Å²) in [6.07, 6.45) is 0.640. The van der Waals surface area contributed by atoms with Gasteiger partial charge < -0.3 is 0 Å². The molecular formula is C11H9N3O3. The highest BCUT2D eigenvalue weighted by atomic mass is 16.6. The highest BCUT2D eigenvalue weighted by molar-refractivity contribution is 5.72. The van der Waals surface area contributed by atoms with Crippen LogP contribution in [0.4, 0.5) is 5.69 Å². The monoisotopic (exact) mass is 231 g/mol. The number of aldehydes is 1. The Morgan fingerprint density at radius 3 is 2.76 bits per heavy atom. The molecule has 0 spiro atoms. The summed E-state index contributed by atoms with van der Waals surface area (Å²) in [6.45, 7) is 1.78. The Morgan fingerprint density at radius 2 is 2.18 bits per heavy atom. The number of carbonyl (C=O) groups is 1. The van der Waals surface area contributed by atoms with E-state index in [1.165, 1.54) is 16.8 Å². The number of aryl methyl sites for hydroxylation is 1. The molecule has 6 heteroatoms. The lowest BCUT2D eigenvalue weighted by Gasteiger charge is -2.03. The second-order valence-electron chi connectivity index (χ2n) is 3.52. The molecule has 0 aliphatic rings. The molecule has 0 N–H and O–H groups in total. The van der Waals surface area contributed by atoms with Crippen molar-refractivity contribution in [3.63, 3.8) is 0 Å². The largest absolute Gasteiger partial charge is 0.296 e. The number of aromatic nitrogens is 2. The fourth-order valence-corrected chi connectivity index (χ4v) is 1.56. The molecule has 0 saturated heterocycles. The average molecular weight is 231 g/mol. The number of hydrogen-bond donors (Lipinski definition) is 0. The first-order chi connectivity index (χ1) is 8.11. The second-order valence-corrected chi connectivity index (χ2v) is 3.52. The van der Waals surface area contributed by atoms with Crippen molar-refractivity contribution in [2.45, 2.75) is 6.92 Å². The topological polar surface area (TPSA) is 78.0 Å². The van der Waals surface area contributed by atoms with Crippen molar-refractivity contribution < 1.29 is 9.72 Å². The van der Waals surface area contributed by atoms with Crippen molar-refractivity contribution in [2.75, 3.05) is 0 Å². The van der Waals surface area contributed by atoms with Gasteiger partial charge in [-0.1, -0.05) is 6.07 Å². The number of hydrogen-bond acceptors (Lipinski definition) is 4. The van der Waals surface area contributed by atoms with Crippen LogP contribution in [0.5, 0.6) is 0 Å². The lowest BCUT2D eigenvalue weighted by Crippen LogP contribution is -2.00. The smallest absolute Gasteiger partial charge is 0.271 e. The molecule has 0 unspecified atom stereocenters. The number of nitrogens with zero attached hydrogens (tertiary/aromatic N) is 3. The molecule has 1 heterocycles. The molecule has 0 saturated carbocycles. The highest BCUT2D eigenvalue weighted by Crippen LogP contribution is 2.17. The molecule has 0 fully saturated rings. The summed E-state index contributed by atoms with van der Waals surface area (Å²) in [5.74, 6) is 0. The molecule has 2 aromatic rings. The first kappa shape index (κ1) is 11.0. The van der Waals surface area contributed by atoms with Crippen LogP contribution in [-0.4, -0.2) is 21.0 Å². The molecule has 86 valence electrons. The number of benzene rings is 1. The fraction of sp³-hybridized carbons (Fsp3) is 0.0909. The van der Waals surface area contributed by atoms with Gasteiger partial charge in [0.1, 0.15) is 5.69 Å². The lowest BCUT2D eigenvalue weighted by atomic mass is 10.3. The summed E-state index contributed by atoms with van der Waals surface area (Å²) in [4.78, 5) is 20.8. The predicted molar refractivity (Wildman–Crippen MR) is 60.3 cm³/mol. The van der Waals surface area contributed by atoms with E-state index in [0.29, 0.717) is 17.7 Å². The van der Waals surface area contributed by atoms with Gasteiger partial charge in [-0.15, -0.1) is 0 Å². The van der Waals surface area contributed by atoms with Crippen LogP contribution >= 0.6 is 0 Å². The molecule has 0 aliphatic carbocycles. The van der Waals surface area contributed by atoms with Crippen LogP contribution < -0.4 is 0 Å². The maximum Gasteiger partial charge on any atom is 0.271 e.